The van der Waals surface area contributed by atoms with Crippen LogP contribution in [-0.2, 0) is 6.42 Å². The second kappa shape index (κ2) is 7.58. The Morgan fingerprint density at radius 3 is 3.10 bits per heavy atom. The zero-order valence-electron chi connectivity index (χ0n) is 11.8. The van der Waals surface area contributed by atoms with Crippen LogP contribution >= 0.6 is 11.5 Å². The third kappa shape index (κ3) is 4.42. The number of carbonyl (C=O) groups excluding carboxylic acids is 1. The molecule has 0 spiro atoms. The van der Waals surface area contributed by atoms with E-state index >= 15 is 0 Å². The number of aryl methyl sites for hydroxylation is 1. The lowest BCUT2D eigenvalue weighted by Gasteiger charge is -2.07. The summed E-state index contributed by atoms with van der Waals surface area (Å²) in [4.78, 5) is 12.6. The van der Waals surface area contributed by atoms with Crippen LogP contribution in [0.5, 0.6) is 5.75 Å². The molecule has 0 bridgehead atoms. The summed E-state index contributed by atoms with van der Waals surface area (Å²) in [6.07, 6.45) is 1.70. The first-order chi connectivity index (χ1) is 10.2. The molecule has 112 valence electrons. The van der Waals surface area contributed by atoms with Crippen molar-refractivity contribution in [2.24, 2.45) is 0 Å². The van der Waals surface area contributed by atoms with Gasteiger partial charge in [-0.2, -0.15) is 0 Å². The number of anilines is 1. The quantitative estimate of drug-likeness (QED) is 0.602. The Morgan fingerprint density at radius 1 is 1.48 bits per heavy atom. The molecule has 1 aromatic carbocycles. The molecule has 0 radical (unpaired) electrons. The predicted molar refractivity (Wildman–Crippen MR) is 82.6 cm³/mol. The van der Waals surface area contributed by atoms with E-state index in [1.807, 2.05) is 19.1 Å². The first-order valence-electron chi connectivity index (χ1n) is 6.78. The van der Waals surface area contributed by atoms with Crippen molar-refractivity contribution in [3.8, 4) is 5.75 Å². The average molecular weight is 306 g/mol. The number of ether oxygens (including phenoxy) is 1. The van der Waals surface area contributed by atoms with Gasteiger partial charge in [-0.15, -0.1) is 5.10 Å². The highest BCUT2D eigenvalue weighted by Crippen LogP contribution is 2.14. The van der Waals surface area contributed by atoms with E-state index < -0.39 is 0 Å². The summed E-state index contributed by atoms with van der Waals surface area (Å²) in [5, 5.41) is 6.78. The molecule has 6 nitrogen and oxygen atoms in total. The third-order valence-corrected chi connectivity index (χ3v) is 3.53. The van der Waals surface area contributed by atoms with Crippen molar-refractivity contribution in [2.75, 3.05) is 18.9 Å². The van der Waals surface area contributed by atoms with Crippen LogP contribution in [0.1, 0.15) is 28.7 Å². The van der Waals surface area contributed by atoms with Gasteiger partial charge in [0, 0.05) is 11.8 Å². The minimum atomic E-state index is -0.148. The second-order valence-electron chi connectivity index (χ2n) is 4.48. The standard InChI is InChI=1S/C14H18N4O2S/c1-2-4-12-13(21-18-17-12)14(19)16-7-8-20-11-6-3-5-10(15)9-11/h3,5-6,9H,2,4,7-8,15H2,1H3,(H,16,19). The molecule has 21 heavy (non-hydrogen) atoms. The fourth-order valence-electron chi connectivity index (χ4n) is 1.80. The second-order valence-corrected chi connectivity index (χ2v) is 5.23. The molecule has 3 N–H and O–H groups in total. The topological polar surface area (TPSA) is 90.1 Å². The van der Waals surface area contributed by atoms with Gasteiger partial charge in [0.2, 0.25) is 0 Å². The SMILES string of the molecule is CCCc1nnsc1C(=O)NCCOc1cccc(N)c1. The number of nitrogens with one attached hydrogen (secondary N) is 1. The zero-order valence-corrected chi connectivity index (χ0v) is 12.7. The summed E-state index contributed by atoms with van der Waals surface area (Å²) in [7, 11) is 0. The monoisotopic (exact) mass is 306 g/mol. The number of nitrogens with two attached hydrogens (primary N) is 1. The summed E-state index contributed by atoms with van der Waals surface area (Å²) in [6, 6.07) is 7.18. The van der Waals surface area contributed by atoms with Gasteiger partial charge >= 0.3 is 0 Å². The molecule has 0 unspecified atom stereocenters. The Labute approximate surface area is 127 Å². The number of hydrogen-bond acceptors (Lipinski definition) is 6. The smallest absolute Gasteiger partial charge is 0.265 e. The van der Waals surface area contributed by atoms with E-state index in [0.717, 1.165) is 30.1 Å². The highest BCUT2D eigenvalue weighted by molar-refractivity contribution is 7.08. The Morgan fingerprint density at radius 2 is 2.33 bits per heavy atom. The first kappa shape index (κ1) is 15.2. The van der Waals surface area contributed by atoms with E-state index in [9.17, 15) is 4.79 Å². The molecule has 0 aliphatic rings. The highest BCUT2D eigenvalue weighted by Gasteiger charge is 2.14. The number of benzene rings is 1. The number of carbonyl (C=O) groups is 1. The van der Waals surface area contributed by atoms with Crippen molar-refractivity contribution in [3.05, 3.63) is 34.8 Å². The highest BCUT2D eigenvalue weighted by atomic mass is 32.1. The van der Waals surface area contributed by atoms with Gasteiger partial charge in [-0.25, -0.2) is 0 Å². The molecule has 2 rings (SSSR count). The van der Waals surface area contributed by atoms with Crippen LogP contribution in [0.2, 0.25) is 0 Å². The van der Waals surface area contributed by atoms with E-state index in [0.29, 0.717) is 29.5 Å². The van der Waals surface area contributed by atoms with E-state index in [1.54, 1.807) is 12.1 Å². The summed E-state index contributed by atoms with van der Waals surface area (Å²) >= 11 is 1.12. The Balaban J connectivity index is 1.78. The molecule has 7 heteroatoms. The number of aromatic nitrogens is 2. The molecule has 0 saturated heterocycles. The van der Waals surface area contributed by atoms with Crippen LogP contribution < -0.4 is 15.8 Å². The first-order valence-corrected chi connectivity index (χ1v) is 7.55. The number of rotatable bonds is 7. The fourth-order valence-corrected chi connectivity index (χ4v) is 2.42. The summed E-state index contributed by atoms with van der Waals surface area (Å²) in [5.74, 6) is 0.542. The van der Waals surface area contributed by atoms with E-state index in [1.165, 1.54) is 0 Å². The molecule has 2 aromatic rings. The van der Waals surface area contributed by atoms with E-state index in [4.69, 9.17) is 10.5 Å². The summed E-state index contributed by atoms with van der Waals surface area (Å²) in [6.45, 7) is 2.84. The zero-order chi connectivity index (χ0) is 15.1. The van der Waals surface area contributed by atoms with Crippen molar-refractivity contribution in [3.63, 3.8) is 0 Å². The van der Waals surface area contributed by atoms with Crippen LogP contribution in [0.25, 0.3) is 0 Å². The van der Waals surface area contributed by atoms with Crippen LogP contribution in [0.4, 0.5) is 5.69 Å². The van der Waals surface area contributed by atoms with E-state index in [2.05, 4.69) is 14.9 Å². The van der Waals surface area contributed by atoms with Crippen molar-refractivity contribution in [1.82, 2.24) is 14.9 Å². The molecule has 1 amide bonds. The molecular formula is C14H18N4O2S. The fraction of sp³-hybridized carbons (Fsp3) is 0.357. The molecule has 1 heterocycles. The largest absolute Gasteiger partial charge is 0.492 e. The molecule has 0 fully saturated rings. The van der Waals surface area contributed by atoms with E-state index in [-0.39, 0.29) is 5.91 Å². The van der Waals surface area contributed by atoms with Crippen LogP contribution in [0.15, 0.2) is 24.3 Å². The lowest BCUT2D eigenvalue weighted by atomic mass is 10.2. The minimum absolute atomic E-state index is 0.148. The van der Waals surface area contributed by atoms with Gasteiger partial charge in [-0.1, -0.05) is 23.9 Å². The molecular weight excluding hydrogens is 288 g/mol. The van der Waals surface area contributed by atoms with Crippen molar-refractivity contribution < 1.29 is 9.53 Å². The third-order valence-electron chi connectivity index (χ3n) is 2.76. The maximum Gasteiger partial charge on any atom is 0.265 e. The lowest BCUT2D eigenvalue weighted by Crippen LogP contribution is -2.28. The van der Waals surface area contributed by atoms with Crippen molar-refractivity contribution >= 4 is 23.1 Å². The molecule has 0 aliphatic carbocycles. The van der Waals surface area contributed by atoms with Crippen molar-refractivity contribution in [2.45, 2.75) is 19.8 Å². The van der Waals surface area contributed by atoms with Gasteiger partial charge in [0.1, 0.15) is 17.2 Å². The van der Waals surface area contributed by atoms with Crippen LogP contribution in [-0.4, -0.2) is 28.6 Å². The molecule has 1 aromatic heterocycles. The number of amides is 1. The van der Waals surface area contributed by atoms with Gasteiger partial charge < -0.3 is 15.8 Å². The molecule has 0 aliphatic heterocycles. The summed E-state index contributed by atoms with van der Waals surface area (Å²) < 4.78 is 9.34. The molecule has 0 atom stereocenters. The van der Waals surface area contributed by atoms with Crippen LogP contribution in [0, 0.1) is 0 Å². The van der Waals surface area contributed by atoms with Crippen LogP contribution in [0.3, 0.4) is 0 Å². The van der Waals surface area contributed by atoms with Gasteiger partial charge in [-0.3, -0.25) is 4.79 Å². The Kier molecular flexibility index (Phi) is 5.51. The molecule has 0 saturated carbocycles. The van der Waals surface area contributed by atoms with Gasteiger partial charge in [0.05, 0.1) is 12.2 Å². The Bertz CT molecular complexity index is 600. The normalized spacial score (nSPS) is 10.3. The van der Waals surface area contributed by atoms with Gasteiger partial charge in [0.25, 0.3) is 5.91 Å². The number of nitrogens with zero attached hydrogens (tertiary/aromatic N) is 2. The average Bonchev–Trinajstić information content (AvgIpc) is 2.92. The van der Waals surface area contributed by atoms with Gasteiger partial charge in [-0.05, 0) is 30.1 Å². The lowest BCUT2D eigenvalue weighted by molar-refractivity contribution is 0.0950. The minimum Gasteiger partial charge on any atom is -0.492 e. The maximum atomic E-state index is 12.0. The Hall–Kier alpha value is -2.15. The number of nitrogen functional groups attached to an aromatic ring is 1. The van der Waals surface area contributed by atoms with Crippen molar-refractivity contribution in [1.29, 1.82) is 0 Å². The summed E-state index contributed by atoms with van der Waals surface area (Å²) in [5.41, 5.74) is 7.07. The maximum absolute atomic E-state index is 12.0. The predicted octanol–water partition coefficient (Wildman–Crippen LogP) is 1.88. The number of hydrogen-bond donors (Lipinski definition) is 2. The van der Waals surface area contributed by atoms with Gasteiger partial charge in [0.15, 0.2) is 0 Å².